The van der Waals surface area contributed by atoms with Gasteiger partial charge in [-0.3, -0.25) is 10.1 Å². The molecule has 1 amide bonds. The maximum Gasteiger partial charge on any atom is 0.256 e. The van der Waals surface area contributed by atoms with Gasteiger partial charge in [-0.1, -0.05) is 54.1 Å². The monoisotopic (exact) mass is 449 g/mol. The summed E-state index contributed by atoms with van der Waals surface area (Å²) in [6.45, 7) is 1.50. The van der Waals surface area contributed by atoms with Gasteiger partial charge in [0.25, 0.3) is 5.91 Å². The summed E-state index contributed by atoms with van der Waals surface area (Å²) in [7, 11) is 1.63. The molecule has 2 N–H and O–H groups in total. The van der Waals surface area contributed by atoms with E-state index in [2.05, 4.69) is 5.32 Å². The number of nitrogens with one attached hydrogen (secondary N) is 1. The van der Waals surface area contributed by atoms with Crippen LogP contribution in [0.2, 0.25) is 5.02 Å². The minimum atomic E-state index is -0.975. The molecule has 2 atom stereocenters. The zero-order chi connectivity index (χ0) is 22.3. The van der Waals surface area contributed by atoms with E-state index < -0.39 is 12.0 Å². The molecule has 6 nitrogen and oxygen atoms in total. The number of aliphatic hydroxyl groups excluding tert-OH is 1. The van der Waals surface area contributed by atoms with Crippen LogP contribution >= 0.6 is 11.6 Å². The Morgan fingerprint density at radius 2 is 1.78 bits per heavy atom. The molecule has 5 rings (SSSR count). The van der Waals surface area contributed by atoms with E-state index in [0.29, 0.717) is 30.2 Å². The molecule has 0 saturated carbocycles. The number of rotatable bonds is 6. The van der Waals surface area contributed by atoms with Crippen molar-refractivity contribution in [3.8, 4) is 5.75 Å². The number of fused-ring (bicyclic) bond motifs is 3. The van der Waals surface area contributed by atoms with Gasteiger partial charge in [-0.15, -0.1) is 0 Å². The van der Waals surface area contributed by atoms with Crippen molar-refractivity contribution in [2.45, 2.75) is 18.6 Å². The smallest absolute Gasteiger partial charge is 0.256 e. The average molecular weight is 450 g/mol. The van der Waals surface area contributed by atoms with Gasteiger partial charge in [0, 0.05) is 35.8 Å². The maximum atomic E-state index is 13.3. The standard InChI is InChI=1S/C25H24ClN3O3/c1-32-20-12-6-17(7-13-20)16-27-24(31)29-15-14-28-23(30)21-4-2-3-5-22(21)25(28,29)18-8-10-19(26)11-9-18/h2-13,24,27,31H,14-16H2,1H3. The lowest BCUT2D eigenvalue weighted by Gasteiger charge is -2.42. The fourth-order valence-electron chi connectivity index (χ4n) is 4.88. The summed E-state index contributed by atoms with van der Waals surface area (Å²) in [6, 6.07) is 22.8. The van der Waals surface area contributed by atoms with Crippen LogP contribution in [0.5, 0.6) is 5.75 Å². The molecule has 0 radical (unpaired) electrons. The molecule has 3 aromatic carbocycles. The molecule has 0 aromatic heterocycles. The molecular weight excluding hydrogens is 426 g/mol. The third-order valence-electron chi connectivity index (χ3n) is 6.34. The van der Waals surface area contributed by atoms with Crippen molar-refractivity contribution in [1.82, 2.24) is 15.1 Å². The largest absolute Gasteiger partial charge is 0.497 e. The van der Waals surface area contributed by atoms with Gasteiger partial charge in [0.15, 0.2) is 12.0 Å². The van der Waals surface area contributed by atoms with E-state index in [9.17, 15) is 9.90 Å². The molecule has 2 heterocycles. The molecule has 164 valence electrons. The van der Waals surface area contributed by atoms with Crippen molar-refractivity contribution in [2.75, 3.05) is 20.2 Å². The molecule has 0 aliphatic carbocycles. The van der Waals surface area contributed by atoms with E-state index >= 15 is 0 Å². The Morgan fingerprint density at radius 3 is 2.50 bits per heavy atom. The molecule has 32 heavy (non-hydrogen) atoms. The van der Waals surface area contributed by atoms with Crippen molar-refractivity contribution >= 4 is 17.5 Å². The minimum absolute atomic E-state index is 0.0274. The number of benzene rings is 3. The summed E-state index contributed by atoms with van der Waals surface area (Å²) in [5.74, 6) is 0.757. The summed E-state index contributed by atoms with van der Waals surface area (Å²) in [6.07, 6.45) is -0.975. The molecule has 2 unspecified atom stereocenters. The lowest BCUT2D eigenvalue weighted by atomic mass is 9.90. The van der Waals surface area contributed by atoms with E-state index in [1.165, 1.54) is 0 Å². The number of hydrogen-bond acceptors (Lipinski definition) is 5. The Balaban J connectivity index is 1.51. The SMILES string of the molecule is COc1ccc(CNC(O)N2CCN3C(=O)c4ccccc4C32c2ccc(Cl)cc2)cc1. The molecule has 3 aromatic rings. The van der Waals surface area contributed by atoms with Crippen molar-refractivity contribution in [3.63, 3.8) is 0 Å². The van der Waals surface area contributed by atoms with Gasteiger partial charge in [0.2, 0.25) is 0 Å². The number of aliphatic hydroxyl groups is 1. The van der Waals surface area contributed by atoms with E-state index in [-0.39, 0.29) is 5.91 Å². The summed E-state index contributed by atoms with van der Waals surface area (Å²) in [4.78, 5) is 17.1. The lowest BCUT2D eigenvalue weighted by Crippen LogP contribution is -2.57. The zero-order valence-corrected chi connectivity index (χ0v) is 18.4. The highest BCUT2D eigenvalue weighted by Gasteiger charge is 2.59. The molecule has 0 spiro atoms. The first-order valence-corrected chi connectivity index (χ1v) is 10.9. The third kappa shape index (κ3) is 3.19. The van der Waals surface area contributed by atoms with Crippen LogP contribution in [0.3, 0.4) is 0 Å². The first kappa shape index (κ1) is 21.0. The van der Waals surface area contributed by atoms with Gasteiger partial charge in [-0.25, -0.2) is 4.90 Å². The van der Waals surface area contributed by atoms with Gasteiger partial charge in [-0.2, -0.15) is 0 Å². The second kappa shape index (κ2) is 8.22. The highest BCUT2D eigenvalue weighted by Crippen LogP contribution is 2.50. The van der Waals surface area contributed by atoms with Crippen LogP contribution in [0.1, 0.15) is 27.0 Å². The van der Waals surface area contributed by atoms with Crippen LogP contribution in [0.4, 0.5) is 0 Å². The second-order valence-electron chi connectivity index (χ2n) is 7.98. The van der Waals surface area contributed by atoms with Crippen molar-refractivity contribution in [2.24, 2.45) is 0 Å². The number of ether oxygens (including phenoxy) is 1. The van der Waals surface area contributed by atoms with Gasteiger partial charge in [-0.05, 0) is 41.5 Å². The number of halogens is 1. The van der Waals surface area contributed by atoms with Crippen LogP contribution in [-0.4, -0.2) is 47.4 Å². The van der Waals surface area contributed by atoms with Gasteiger partial charge >= 0.3 is 0 Å². The van der Waals surface area contributed by atoms with Crippen molar-refractivity contribution in [3.05, 3.63) is 100 Å². The Hall–Kier alpha value is -2.90. The van der Waals surface area contributed by atoms with E-state index in [1.54, 1.807) is 7.11 Å². The van der Waals surface area contributed by atoms with Gasteiger partial charge in [0.05, 0.1) is 7.11 Å². The summed E-state index contributed by atoms with van der Waals surface area (Å²) in [5, 5.41) is 15.1. The number of methoxy groups -OCH3 is 1. The minimum Gasteiger partial charge on any atom is -0.497 e. The summed E-state index contributed by atoms with van der Waals surface area (Å²) >= 11 is 6.16. The Morgan fingerprint density at radius 1 is 1.06 bits per heavy atom. The Bertz CT molecular complexity index is 1140. The number of carbonyl (C=O) groups is 1. The fourth-order valence-corrected chi connectivity index (χ4v) is 5.00. The predicted molar refractivity (Wildman–Crippen MR) is 122 cm³/mol. The molecule has 7 heteroatoms. The normalized spacial score (nSPS) is 20.8. The van der Waals surface area contributed by atoms with E-state index in [0.717, 1.165) is 22.4 Å². The zero-order valence-electron chi connectivity index (χ0n) is 17.7. The Labute approximate surface area is 192 Å². The van der Waals surface area contributed by atoms with Gasteiger partial charge < -0.3 is 14.7 Å². The third-order valence-corrected chi connectivity index (χ3v) is 6.59. The van der Waals surface area contributed by atoms with Crippen LogP contribution in [-0.2, 0) is 12.2 Å². The molecule has 1 fully saturated rings. The number of amides is 1. The summed E-state index contributed by atoms with van der Waals surface area (Å²) in [5.41, 5.74) is 2.54. The molecule has 0 bridgehead atoms. The molecule has 1 saturated heterocycles. The van der Waals surface area contributed by atoms with Crippen molar-refractivity contribution < 1.29 is 14.6 Å². The first-order valence-electron chi connectivity index (χ1n) is 10.5. The lowest BCUT2D eigenvalue weighted by molar-refractivity contribution is -0.0799. The highest BCUT2D eigenvalue weighted by molar-refractivity contribution is 6.30. The first-order chi connectivity index (χ1) is 15.6. The number of carbonyl (C=O) groups excluding carboxylic acids is 1. The topological polar surface area (TPSA) is 65.0 Å². The quantitative estimate of drug-likeness (QED) is 0.565. The fraction of sp³-hybridized carbons (Fsp3) is 0.240. The number of nitrogens with zero attached hydrogens (tertiary/aromatic N) is 2. The second-order valence-corrected chi connectivity index (χ2v) is 8.41. The van der Waals surface area contributed by atoms with E-state index in [4.69, 9.17) is 16.3 Å². The molecular formula is C25H24ClN3O3. The predicted octanol–water partition coefficient (Wildman–Crippen LogP) is 3.39. The van der Waals surface area contributed by atoms with Crippen LogP contribution < -0.4 is 10.1 Å². The summed E-state index contributed by atoms with van der Waals surface area (Å²) < 4.78 is 5.21. The van der Waals surface area contributed by atoms with Crippen LogP contribution in [0, 0.1) is 0 Å². The average Bonchev–Trinajstić information content (AvgIpc) is 3.34. The highest BCUT2D eigenvalue weighted by atomic mass is 35.5. The molecule has 2 aliphatic heterocycles. The van der Waals surface area contributed by atoms with Crippen LogP contribution in [0.15, 0.2) is 72.8 Å². The maximum absolute atomic E-state index is 13.3. The molecule has 2 aliphatic rings. The van der Waals surface area contributed by atoms with E-state index in [1.807, 2.05) is 82.6 Å². The van der Waals surface area contributed by atoms with Crippen LogP contribution in [0.25, 0.3) is 0 Å². The van der Waals surface area contributed by atoms with Gasteiger partial charge in [0.1, 0.15) is 5.75 Å². The van der Waals surface area contributed by atoms with Crippen molar-refractivity contribution in [1.29, 1.82) is 0 Å². The Kier molecular flexibility index (Phi) is 5.39. The number of hydrogen-bond donors (Lipinski definition) is 2.